The second-order valence-electron chi connectivity index (χ2n) is 3.47. The molecule has 0 radical (unpaired) electrons. The van der Waals surface area contributed by atoms with Crippen LogP contribution in [-0.4, -0.2) is 41.0 Å². The first-order valence-corrected chi connectivity index (χ1v) is 4.86. The second kappa shape index (κ2) is 4.95. The van der Waals surface area contributed by atoms with Crippen molar-refractivity contribution in [3.8, 4) is 0 Å². The zero-order valence-electron chi connectivity index (χ0n) is 8.11. The first-order valence-electron chi connectivity index (χ1n) is 4.86. The molecule has 1 heterocycles. The smallest absolute Gasteiger partial charge is 0.240 e. The summed E-state index contributed by atoms with van der Waals surface area (Å²) in [7, 11) is 0. The molecule has 1 saturated heterocycles. The number of likely N-dealkylation sites (tertiary alicyclic amines) is 1. The maximum absolute atomic E-state index is 11.5. The average molecular weight is 200 g/mol. The van der Waals surface area contributed by atoms with Gasteiger partial charge in [-0.25, -0.2) is 0 Å². The van der Waals surface area contributed by atoms with E-state index in [2.05, 4.69) is 0 Å². The van der Waals surface area contributed by atoms with E-state index in [0.717, 1.165) is 0 Å². The quantitative estimate of drug-likeness (QED) is 0.572. The molecule has 5 heteroatoms. The van der Waals surface area contributed by atoms with Crippen LogP contribution >= 0.6 is 0 Å². The fraction of sp³-hybridized carbons (Fsp3) is 0.778. The van der Waals surface area contributed by atoms with Crippen molar-refractivity contribution in [2.45, 2.75) is 31.7 Å². The third-order valence-electron chi connectivity index (χ3n) is 2.47. The number of nitrogens with two attached hydrogens (primary N) is 1. The number of amides is 2. The summed E-state index contributed by atoms with van der Waals surface area (Å²) >= 11 is 0. The number of nitrogens with zero attached hydrogens (tertiary/aromatic N) is 1. The van der Waals surface area contributed by atoms with Crippen molar-refractivity contribution in [1.82, 2.24) is 4.90 Å². The van der Waals surface area contributed by atoms with E-state index in [9.17, 15) is 9.59 Å². The fourth-order valence-electron chi connectivity index (χ4n) is 1.51. The van der Waals surface area contributed by atoms with Gasteiger partial charge < -0.3 is 15.7 Å². The third kappa shape index (κ3) is 2.45. The van der Waals surface area contributed by atoms with Gasteiger partial charge in [0.2, 0.25) is 11.8 Å². The molecule has 0 aromatic rings. The van der Waals surface area contributed by atoms with E-state index < -0.39 is 11.9 Å². The number of aliphatic hydroxyl groups is 1. The predicted octanol–water partition coefficient (Wildman–Crippen LogP) is -0.765. The highest BCUT2D eigenvalue weighted by molar-refractivity contribution is 5.88. The van der Waals surface area contributed by atoms with Gasteiger partial charge in [-0.3, -0.25) is 9.59 Å². The summed E-state index contributed by atoms with van der Waals surface area (Å²) in [5.41, 5.74) is 5.11. The van der Waals surface area contributed by atoms with Crippen molar-refractivity contribution < 1.29 is 14.7 Å². The zero-order valence-corrected chi connectivity index (χ0v) is 8.11. The standard InChI is InChI=1S/C9H16N2O3/c10-9(14)7-4-5-11(7)8(13)3-1-2-6-12/h7,12H,1-6H2,(H2,10,14). The summed E-state index contributed by atoms with van der Waals surface area (Å²) in [6.45, 7) is 0.734. The van der Waals surface area contributed by atoms with Crippen LogP contribution in [0.25, 0.3) is 0 Å². The van der Waals surface area contributed by atoms with Crippen LogP contribution in [0.15, 0.2) is 0 Å². The Morgan fingerprint density at radius 2 is 2.14 bits per heavy atom. The molecule has 5 nitrogen and oxygen atoms in total. The maximum atomic E-state index is 11.5. The number of unbranched alkanes of at least 4 members (excludes halogenated alkanes) is 1. The van der Waals surface area contributed by atoms with Crippen molar-refractivity contribution in [3.63, 3.8) is 0 Å². The number of carbonyl (C=O) groups excluding carboxylic acids is 2. The van der Waals surface area contributed by atoms with Gasteiger partial charge in [0.1, 0.15) is 6.04 Å². The molecule has 0 aromatic heterocycles. The number of primary amides is 1. The fourth-order valence-corrected chi connectivity index (χ4v) is 1.51. The van der Waals surface area contributed by atoms with E-state index in [1.165, 1.54) is 4.90 Å². The van der Waals surface area contributed by atoms with E-state index in [1.807, 2.05) is 0 Å². The van der Waals surface area contributed by atoms with Crippen LogP contribution < -0.4 is 5.73 Å². The van der Waals surface area contributed by atoms with Crippen LogP contribution in [0.2, 0.25) is 0 Å². The van der Waals surface area contributed by atoms with E-state index in [1.54, 1.807) is 0 Å². The van der Waals surface area contributed by atoms with Crippen molar-refractivity contribution >= 4 is 11.8 Å². The highest BCUT2D eigenvalue weighted by atomic mass is 16.3. The van der Waals surface area contributed by atoms with Crippen molar-refractivity contribution in [3.05, 3.63) is 0 Å². The molecule has 0 saturated carbocycles. The highest BCUT2D eigenvalue weighted by Gasteiger charge is 2.35. The molecule has 1 atom stereocenters. The Balaban J connectivity index is 2.27. The monoisotopic (exact) mass is 200 g/mol. The zero-order chi connectivity index (χ0) is 10.6. The Kier molecular flexibility index (Phi) is 3.88. The minimum Gasteiger partial charge on any atom is -0.396 e. The van der Waals surface area contributed by atoms with Gasteiger partial charge in [-0.1, -0.05) is 0 Å². The Morgan fingerprint density at radius 3 is 2.57 bits per heavy atom. The molecule has 3 N–H and O–H groups in total. The van der Waals surface area contributed by atoms with Gasteiger partial charge in [0, 0.05) is 19.6 Å². The average Bonchev–Trinajstić information content (AvgIpc) is 2.01. The third-order valence-corrected chi connectivity index (χ3v) is 2.47. The van der Waals surface area contributed by atoms with E-state index in [4.69, 9.17) is 10.8 Å². The van der Waals surface area contributed by atoms with Crippen molar-refractivity contribution in [2.24, 2.45) is 5.73 Å². The normalized spacial score (nSPS) is 20.4. The molecular weight excluding hydrogens is 184 g/mol. The number of aliphatic hydroxyl groups excluding tert-OH is 1. The lowest BCUT2D eigenvalue weighted by Crippen LogP contribution is -2.57. The summed E-state index contributed by atoms with van der Waals surface area (Å²) in [5.74, 6) is -0.458. The second-order valence-corrected chi connectivity index (χ2v) is 3.47. The van der Waals surface area contributed by atoms with E-state index in [0.29, 0.717) is 32.2 Å². The lowest BCUT2D eigenvalue weighted by atomic mass is 10.0. The Bertz CT molecular complexity index is 230. The van der Waals surface area contributed by atoms with Gasteiger partial charge in [-0.05, 0) is 19.3 Å². The molecule has 2 amide bonds. The minimum atomic E-state index is -0.424. The minimum absolute atomic E-state index is 0.0338. The van der Waals surface area contributed by atoms with Crippen molar-refractivity contribution in [1.29, 1.82) is 0 Å². The van der Waals surface area contributed by atoms with Crippen LogP contribution in [-0.2, 0) is 9.59 Å². The first kappa shape index (κ1) is 11.0. The van der Waals surface area contributed by atoms with Gasteiger partial charge in [0.15, 0.2) is 0 Å². The van der Waals surface area contributed by atoms with Gasteiger partial charge in [-0.2, -0.15) is 0 Å². The molecule has 0 aromatic carbocycles. The maximum Gasteiger partial charge on any atom is 0.240 e. The van der Waals surface area contributed by atoms with Crippen LogP contribution in [0, 0.1) is 0 Å². The molecular formula is C9H16N2O3. The van der Waals surface area contributed by atoms with Gasteiger partial charge >= 0.3 is 0 Å². The van der Waals surface area contributed by atoms with Gasteiger partial charge in [-0.15, -0.1) is 0 Å². The molecule has 1 fully saturated rings. The Morgan fingerprint density at radius 1 is 1.43 bits per heavy atom. The summed E-state index contributed by atoms with van der Waals surface area (Å²) in [6, 6.07) is -0.392. The summed E-state index contributed by atoms with van der Waals surface area (Å²) < 4.78 is 0. The number of hydrogen-bond acceptors (Lipinski definition) is 3. The largest absolute Gasteiger partial charge is 0.396 e. The lowest BCUT2D eigenvalue weighted by Gasteiger charge is -2.38. The SMILES string of the molecule is NC(=O)C1CCN1C(=O)CCCCO. The molecule has 1 rings (SSSR count). The van der Waals surface area contributed by atoms with E-state index >= 15 is 0 Å². The van der Waals surface area contributed by atoms with E-state index in [-0.39, 0.29) is 12.5 Å². The first-order chi connectivity index (χ1) is 6.66. The van der Waals surface area contributed by atoms with Gasteiger partial charge in [0.25, 0.3) is 0 Å². The number of rotatable bonds is 5. The molecule has 14 heavy (non-hydrogen) atoms. The Hall–Kier alpha value is -1.10. The van der Waals surface area contributed by atoms with Crippen molar-refractivity contribution in [2.75, 3.05) is 13.2 Å². The van der Waals surface area contributed by atoms with Crippen LogP contribution in [0.3, 0.4) is 0 Å². The molecule has 80 valence electrons. The molecule has 1 aliphatic heterocycles. The number of hydrogen-bond donors (Lipinski definition) is 2. The Labute approximate surface area is 82.9 Å². The lowest BCUT2D eigenvalue weighted by molar-refractivity contribution is -0.146. The summed E-state index contributed by atoms with van der Waals surface area (Å²) in [6.07, 6.45) is 2.36. The van der Waals surface area contributed by atoms with Crippen LogP contribution in [0.4, 0.5) is 0 Å². The molecule has 1 aliphatic rings. The number of carbonyl (C=O) groups is 2. The summed E-state index contributed by atoms with van der Waals surface area (Å²) in [4.78, 5) is 23.8. The topological polar surface area (TPSA) is 83.6 Å². The predicted molar refractivity (Wildman–Crippen MR) is 50.2 cm³/mol. The molecule has 0 aliphatic carbocycles. The summed E-state index contributed by atoms with van der Waals surface area (Å²) in [5, 5.41) is 8.53. The molecule has 0 spiro atoms. The van der Waals surface area contributed by atoms with Gasteiger partial charge in [0.05, 0.1) is 0 Å². The molecule has 0 bridgehead atoms. The highest BCUT2D eigenvalue weighted by Crippen LogP contribution is 2.18. The van der Waals surface area contributed by atoms with Crippen LogP contribution in [0.5, 0.6) is 0 Å². The van der Waals surface area contributed by atoms with Crippen LogP contribution in [0.1, 0.15) is 25.7 Å². The molecule has 1 unspecified atom stereocenters.